The molecule has 2 aromatic carbocycles. The van der Waals surface area contributed by atoms with E-state index in [1.54, 1.807) is 36.2 Å². The van der Waals surface area contributed by atoms with Crippen molar-refractivity contribution < 1.29 is 9.59 Å². The molecule has 0 aliphatic carbocycles. The number of rotatable bonds is 1. The zero-order chi connectivity index (χ0) is 17.6. The Bertz CT molecular complexity index is 892. The van der Waals surface area contributed by atoms with Gasteiger partial charge in [0.25, 0.3) is 5.91 Å². The van der Waals surface area contributed by atoms with E-state index in [-0.39, 0.29) is 17.7 Å². The van der Waals surface area contributed by atoms with Gasteiger partial charge in [-0.05, 0) is 30.3 Å². The SMILES string of the molecule is CN1CC2CC(=O)N(c3ccc(Cl)cc3)N=C2c2ccccc2C1=O. The van der Waals surface area contributed by atoms with Crippen LogP contribution in [0.15, 0.2) is 53.6 Å². The number of hydrazone groups is 1. The summed E-state index contributed by atoms with van der Waals surface area (Å²) in [5.74, 6) is -0.233. The number of nitrogens with zero attached hydrogens (tertiary/aromatic N) is 3. The number of halogens is 1. The largest absolute Gasteiger partial charge is 0.341 e. The number of hydrogen-bond donors (Lipinski definition) is 0. The van der Waals surface area contributed by atoms with Crippen LogP contribution in [0.3, 0.4) is 0 Å². The maximum Gasteiger partial charge on any atom is 0.254 e. The Labute approximate surface area is 150 Å². The fourth-order valence-electron chi connectivity index (χ4n) is 3.36. The number of amides is 2. The average Bonchev–Trinajstić information content (AvgIpc) is 2.71. The number of carbonyl (C=O) groups excluding carboxylic acids is 2. The van der Waals surface area contributed by atoms with Crippen LogP contribution < -0.4 is 5.01 Å². The van der Waals surface area contributed by atoms with Gasteiger partial charge >= 0.3 is 0 Å². The Balaban J connectivity index is 1.85. The molecule has 2 aliphatic heterocycles. The molecule has 0 bridgehead atoms. The lowest BCUT2D eigenvalue weighted by Crippen LogP contribution is -2.40. The van der Waals surface area contributed by atoms with Gasteiger partial charge in [0.15, 0.2) is 0 Å². The highest BCUT2D eigenvalue weighted by Gasteiger charge is 2.36. The van der Waals surface area contributed by atoms with E-state index in [2.05, 4.69) is 5.10 Å². The minimum absolute atomic E-state index is 0.0433. The van der Waals surface area contributed by atoms with Gasteiger partial charge in [-0.3, -0.25) is 9.59 Å². The summed E-state index contributed by atoms with van der Waals surface area (Å²) in [7, 11) is 1.76. The van der Waals surface area contributed by atoms with E-state index in [0.717, 1.165) is 11.3 Å². The van der Waals surface area contributed by atoms with Gasteiger partial charge in [0.2, 0.25) is 5.91 Å². The summed E-state index contributed by atoms with van der Waals surface area (Å²) < 4.78 is 0. The molecule has 2 aromatic rings. The second-order valence-corrected chi connectivity index (χ2v) is 6.74. The molecule has 0 radical (unpaired) electrons. The van der Waals surface area contributed by atoms with Crippen LogP contribution in [0.1, 0.15) is 22.3 Å². The van der Waals surface area contributed by atoms with Crippen molar-refractivity contribution in [1.82, 2.24) is 4.90 Å². The number of fused-ring (bicyclic) bond motifs is 3. The normalized spacial score (nSPS) is 19.9. The van der Waals surface area contributed by atoms with Crippen LogP contribution in [0.2, 0.25) is 5.02 Å². The van der Waals surface area contributed by atoms with E-state index >= 15 is 0 Å². The quantitative estimate of drug-likeness (QED) is 0.790. The summed E-state index contributed by atoms with van der Waals surface area (Å²) in [6.45, 7) is 0.479. The van der Waals surface area contributed by atoms with Crippen molar-refractivity contribution in [3.8, 4) is 0 Å². The Hall–Kier alpha value is -2.66. The third-order valence-corrected chi connectivity index (χ3v) is 4.85. The van der Waals surface area contributed by atoms with Gasteiger partial charge in [0.05, 0.1) is 11.4 Å². The first-order valence-corrected chi connectivity index (χ1v) is 8.44. The molecule has 126 valence electrons. The lowest BCUT2D eigenvalue weighted by atomic mass is 9.91. The predicted octanol–water partition coefficient (Wildman–Crippen LogP) is 3.18. The second-order valence-electron chi connectivity index (χ2n) is 6.30. The average molecular weight is 354 g/mol. The lowest BCUT2D eigenvalue weighted by Gasteiger charge is -2.29. The van der Waals surface area contributed by atoms with Crippen molar-refractivity contribution in [2.75, 3.05) is 18.6 Å². The molecule has 0 fully saturated rings. The summed E-state index contributed by atoms with van der Waals surface area (Å²) >= 11 is 5.94. The van der Waals surface area contributed by atoms with Gasteiger partial charge in [0.1, 0.15) is 0 Å². The van der Waals surface area contributed by atoms with Crippen molar-refractivity contribution in [2.45, 2.75) is 6.42 Å². The Kier molecular flexibility index (Phi) is 3.81. The first-order chi connectivity index (χ1) is 12.0. The smallest absolute Gasteiger partial charge is 0.254 e. The number of anilines is 1. The summed E-state index contributed by atoms with van der Waals surface area (Å²) in [4.78, 5) is 26.9. The maximum absolute atomic E-state index is 12.6. The molecule has 0 N–H and O–H groups in total. The molecule has 0 saturated carbocycles. The lowest BCUT2D eigenvalue weighted by molar-refractivity contribution is -0.119. The first kappa shape index (κ1) is 15.8. The third-order valence-electron chi connectivity index (χ3n) is 4.60. The van der Waals surface area contributed by atoms with Gasteiger partial charge in [-0.1, -0.05) is 29.8 Å². The molecular formula is C19H16ClN3O2. The molecule has 25 heavy (non-hydrogen) atoms. The van der Waals surface area contributed by atoms with Gasteiger partial charge in [-0.25, -0.2) is 5.01 Å². The van der Waals surface area contributed by atoms with E-state index in [0.29, 0.717) is 29.2 Å². The van der Waals surface area contributed by atoms with Crippen molar-refractivity contribution in [3.05, 3.63) is 64.7 Å². The zero-order valence-corrected chi connectivity index (χ0v) is 14.4. The van der Waals surface area contributed by atoms with Crippen molar-refractivity contribution in [2.24, 2.45) is 11.0 Å². The zero-order valence-electron chi connectivity index (χ0n) is 13.6. The molecule has 2 heterocycles. The van der Waals surface area contributed by atoms with Gasteiger partial charge in [-0.2, -0.15) is 5.10 Å². The maximum atomic E-state index is 12.6. The Morgan fingerprint density at radius 2 is 1.72 bits per heavy atom. The first-order valence-electron chi connectivity index (χ1n) is 8.06. The van der Waals surface area contributed by atoms with E-state index in [4.69, 9.17) is 11.6 Å². The highest BCUT2D eigenvalue weighted by Crippen LogP contribution is 2.30. The molecule has 0 aromatic heterocycles. The van der Waals surface area contributed by atoms with Crippen LogP contribution in [0.4, 0.5) is 5.69 Å². The standard InChI is InChI=1S/C19H16ClN3O2/c1-22-11-12-10-17(24)23(14-8-6-13(20)7-9-14)21-18(12)15-4-2-3-5-16(15)19(22)25/h2-9,12H,10-11H2,1H3. The molecule has 6 heteroatoms. The topological polar surface area (TPSA) is 53.0 Å². The summed E-state index contributed by atoms with van der Waals surface area (Å²) in [6, 6.07) is 14.4. The van der Waals surface area contributed by atoms with Gasteiger partial charge in [-0.15, -0.1) is 0 Å². The van der Waals surface area contributed by atoms with Crippen LogP contribution in [0.25, 0.3) is 0 Å². The van der Waals surface area contributed by atoms with E-state index < -0.39 is 0 Å². The molecule has 2 amide bonds. The minimum Gasteiger partial charge on any atom is -0.341 e. The van der Waals surface area contributed by atoms with E-state index in [9.17, 15) is 9.59 Å². The van der Waals surface area contributed by atoms with Crippen molar-refractivity contribution >= 4 is 34.8 Å². The van der Waals surface area contributed by atoms with E-state index in [1.807, 2.05) is 24.3 Å². The van der Waals surface area contributed by atoms with Gasteiger partial charge < -0.3 is 4.90 Å². The van der Waals surface area contributed by atoms with Crippen LogP contribution in [-0.2, 0) is 4.79 Å². The van der Waals surface area contributed by atoms with Crippen LogP contribution >= 0.6 is 11.6 Å². The molecular weight excluding hydrogens is 338 g/mol. The summed E-state index contributed by atoms with van der Waals surface area (Å²) in [5, 5.41) is 6.65. The van der Waals surface area contributed by atoms with E-state index in [1.165, 1.54) is 5.01 Å². The Morgan fingerprint density at radius 3 is 2.44 bits per heavy atom. The van der Waals surface area contributed by atoms with Crippen molar-refractivity contribution in [3.63, 3.8) is 0 Å². The molecule has 0 spiro atoms. The fourth-order valence-corrected chi connectivity index (χ4v) is 3.49. The summed E-state index contributed by atoms with van der Waals surface area (Å²) in [5.41, 5.74) is 2.87. The predicted molar refractivity (Wildman–Crippen MR) is 97.0 cm³/mol. The second kappa shape index (κ2) is 6.01. The molecule has 1 atom stereocenters. The fraction of sp³-hybridized carbons (Fsp3) is 0.211. The highest BCUT2D eigenvalue weighted by molar-refractivity contribution is 6.30. The number of benzene rings is 2. The molecule has 1 unspecified atom stereocenters. The summed E-state index contributed by atoms with van der Waals surface area (Å²) in [6.07, 6.45) is 0.313. The Morgan fingerprint density at radius 1 is 1.04 bits per heavy atom. The molecule has 4 rings (SSSR count). The molecule has 2 aliphatic rings. The third kappa shape index (κ3) is 2.70. The number of hydrogen-bond acceptors (Lipinski definition) is 3. The van der Waals surface area contributed by atoms with Gasteiger partial charge in [0, 0.05) is 42.1 Å². The van der Waals surface area contributed by atoms with Crippen LogP contribution in [0, 0.1) is 5.92 Å². The highest BCUT2D eigenvalue weighted by atomic mass is 35.5. The van der Waals surface area contributed by atoms with Crippen LogP contribution in [0.5, 0.6) is 0 Å². The van der Waals surface area contributed by atoms with Crippen LogP contribution in [-0.4, -0.2) is 36.0 Å². The monoisotopic (exact) mass is 353 g/mol. The molecule has 5 nitrogen and oxygen atoms in total. The molecule has 0 saturated heterocycles. The number of carbonyl (C=O) groups is 2. The minimum atomic E-state index is -0.103. The van der Waals surface area contributed by atoms with Crippen molar-refractivity contribution in [1.29, 1.82) is 0 Å².